The van der Waals surface area contributed by atoms with Crippen LogP contribution in [-0.4, -0.2) is 26.7 Å². The molecule has 1 aromatic heterocycles. The van der Waals surface area contributed by atoms with Crippen LogP contribution in [-0.2, 0) is 24.2 Å². The average Bonchev–Trinajstić information content (AvgIpc) is 2.87. The zero-order valence-corrected chi connectivity index (χ0v) is 13.2. The van der Waals surface area contributed by atoms with E-state index in [0.29, 0.717) is 6.42 Å². The molecule has 0 saturated heterocycles. The van der Waals surface area contributed by atoms with Crippen molar-refractivity contribution in [1.82, 2.24) is 20.1 Å². The van der Waals surface area contributed by atoms with E-state index in [0.717, 1.165) is 37.5 Å². The second-order valence-electron chi connectivity index (χ2n) is 6.07. The lowest BCUT2D eigenvalue weighted by atomic mass is 10.0. The minimum atomic E-state index is 0.126. The lowest BCUT2D eigenvalue weighted by Crippen LogP contribution is -2.41. The zero-order chi connectivity index (χ0) is 15.5. The second-order valence-corrected chi connectivity index (χ2v) is 6.07. The van der Waals surface area contributed by atoms with Crippen molar-refractivity contribution < 1.29 is 4.79 Å². The van der Waals surface area contributed by atoms with Gasteiger partial charge in [0.25, 0.3) is 0 Å². The number of rotatable bonds is 4. The van der Waals surface area contributed by atoms with E-state index >= 15 is 0 Å². The van der Waals surface area contributed by atoms with Crippen molar-refractivity contribution in [2.75, 3.05) is 0 Å². The number of hydrogen-bond donors (Lipinski definition) is 1. The number of aryl methyl sites for hydroxylation is 4. The van der Waals surface area contributed by atoms with Crippen LogP contribution in [0.25, 0.3) is 0 Å². The largest absolute Gasteiger partial charge is 0.352 e. The van der Waals surface area contributed by atoms with Crippen LogP contribution in [0.1, 0.15) is 35.6 Å². The molecule has 0 saturated carbocycles. The highest BCUT2D eigenvalue weighted by molar-refractivity contribution is 5.76. The molecule has 1 atom stereocenters. The molecule has 1 unspecified atom stereocenters. The summed E-state index contributed by atoms with van der Waals surface area (Å²) in [6, 6.07) is 8.52. The molecule has 116 valence electrons. The molecule has 2 heterocycles. The molecule has 5 nitrogen and oxygen atoms in total. The number of amides is 1. The zero-order valence-electron chi connectivity index (χ0n) is 13.2. The molecule has 1 amide bonds. The fraction of sp³-hybridized carbons (Fsp3) is 0.471. The monoisotopic (exact) mass is 298 g/mol. The number of carbonyl (C=O) groups excluding carboxylic acids is 1. The van der Waals surface area contributed by atoms with Crippen molar-refractivity contribution in [2.45, 2.75) is 52.1 Å². The van der Waals surface area contributed by atoms with E-state index in [2.05, 4.69) is 45.2 Å². The number of hydrogen-bond acceptors (Lipinski definition) is 3. The number of carbonyl (C=O) groups is 1. The SMILES string of the molecule is Cc1cccc(CCC(=O)NC2CCc3nnc(C)n3C2)c1. The van der Waals surface area contributed by atoms with Crippen molar-refractivity contribution in [1.29, 1.82) is 0 Å². The van der Waals surface area contributed by atoms with Crippen LogP contribution in [0.5, 0.6) is 0 Å². The summed E-state index contributed by atoms with van der Waals surface area (Å²) in [6.07, 6.45) is 3.14. The Morgan fingerprint density at radius 1 is 1.36 bits per heavy atom. The molecule has 0 fully saturated rings. The Bertz CT molecular complexity index is 677. The first-order chi connectivity index (χ1) is 10.6. The van der Waals surface area contributed by atoms with Gasteiger partial charge in [0.15, 0.2) is 0 Å². The van der Waals surface area contributed by atoms with Gasteiger partial charge in [-0.05, 0) is 32.3 Å². The van der Waals surface area contributed by atoms with Gasteiger partial charge in [-0.25, -0.2) is 0 Å². The number of benzene rings is 1. The smallest absolute Gasteiger partial charge is 0.220 e. The van der Waals surface area contributed by atoms with Gasteiger partial charge in [0, 0.05) is 25.4 Å². The summed E-state index contributed by atoms with van der Waals surface area (Å²) >= 11 is 0. The van der Waals surface area contributed by atoms with E-state index in [1.54, 1.807) is 0 Å². The Morgan fingerprint density at radius 2 is 2.23 bits per heavy atom. The van der Waals surface area contributed by atoms with Crippen LogP contribution in [0.2, 0.25) is 0 Å². The van der Waals surface area contributed by atoms with E-state index in [4.69, 9.17) is 0 Å². The maximum Gasteiger partial charge on any atom is 0.220 e. The van der Waals surface area contributed by atoms with Gasteiger partial charge in [0.1, 0.15) is 11.6 Å². The summed E-state index contributed by atoms with van der Waals surface area (Å²) in [4.78, 5) is 12.2. The molecule has 0 radical (unpaired) electrons. The van der Waals surface area contributed by atoms with Crippen LogP contribution >= 0.6 is 0 Å². The molecule has 5 heteroatoms. The normalized spacial score (nSPS) is 17.1. The van der Waals surface area contributed by atoms with Gasteiger partial charge in [0.2, 0.25) is 5.91 Å². The molecular formula is C17H22N4O. The van der Waals surface area contributed by atoms with Gasteiger partial charge in [-0.3, -0.25) is 4.79 Å². The van der Waals surface area contributed by atoms with Gasteiger partial charge in [-0.15, -0.1) is 10.2 Å². The van der Waals surface area contributed by atoms with E-state index < -0.39 is 0 Å². The van der Waals surface area contributed by atoms with Crippen LogP contribution < -0.4 is 5.32 Å². The first-order valence-corrected chi connectivity index (χ1v) is 7.85. The molecule has 0 aliphatic carbocycles. The molecule has 1 aliphatic heterocycles. The predicted molar refractivity (Wildman–Crippen MR) is 84.5 cm³/mol. The molecule has 1 N–H and O–H groups in total. The lowest BCUT2D eigenvalue weighted by molar-refractivity contribution is -0.122. The minimum Gasteiger partial charge on any atom is -0.352 e. The van der Waals surface area contributed by atoms with E-state index in [9.17, 15) is 4.79 Å². The van der Waals surface area contributed by atoms with Crippen LogP contribution in [0.3, 0.4) is 0 Å². The molecular weight excluding hydrogens is 276 g/mol. The molecule has 0 spiro atoms. The fourth-order valence-electron chi connectivity index (χ4n) is 3.01. The first kappa shape index (κ1) is 14.8. The van der Waals surface area contributed by atoms with Gasteiger partial charge in [0.05, 0.1) is 0 Å². The molecule has 1 aromatic carbocycles. The lowest BCUT2D eigenvalue weighted by Gasteiger charge is -2.25. The van der Waals surface area contributed by atoms with Gasteiger partial charge in [-0.1, -0.05) is 29.8 Å². The highest BCUT2D eigenvalue weighted by atomic mass is 16.1. The highest BCUT2D eigenvalue weighted by Crippen LogP contribution is 2.15. The number of aromatic nitrogens is 3. The summed E-state index contributed by atoms with van der Waals surface area (Å²) in [5.41, 5.74) is 2.46. The standard InChI is InChI=1S/C17H22N4O/c1-12-4-3-5-14(10-12)6-9-17(22)18-15-7-8-16-20-19-13(2)21(16)11-15/h3-5,10,15H,6-9,11H2,1-2H3,(H,18,22). The highest BCUT2D eigenvalue weighted by Gasteiger charge is 2.22. The van der Waals surface area contributed by atoms with Gasteiger partial charge < -0.3 is 9.88 Å². The Hall–Kier alpha value is -2.17. The molecule has 3 rings (SSSR count). The van der Waals surface area contributed by atoms with Gasteiger partial charge in [-0.2, -0.15) is 0 Å². The summed E-state index contributed by atoms with van der Waals surface area (Å²) in [5, 5.41) is 11.4. The Kier molecular flexibility index (Phi) is 4.22. The molecule has 0 bridgehead atoms. The summed E-state index contributed by atoms with van der Waals surface area (Å²) < 4.78 is 2.11. The molecule has 22 heavy (non-hydrogen) atoms. The van der Waals surface area contributed by atoms with E-state index in [1.807, 2.05) is 13.0 Å². The first-order valence-electron chi connectivity index (χ1n) is 7.85. The van der Waals surface area contributed by atoms with Crippen LogP contribution in [0.4, 0.5) is 0 Å². The topological polar surface area (TPSA) is 59.8 Å². The van der Waals surface area contributed by atoms with Crippen molar-refractivity contribution in [3.8, 4) is 0 Å². The third-order valence-electron chi connectivity index (χ3n) is 4.22. The summed E-state index contributed by atoms with van der Waals surface area (Å²) in [5.74, 6) is 2.08. The number of nitrogens with zero attached hydrogens (tertiary/aromatic N) is 3. The quantitative estimate of drug-likeness (QED) is 0.938. The van der Waals surface area contributed by atoms with Crippen molar-refractivity contribution in [2.24, 2.45) is 0 Å². The second kappa shape index (κ2) is 6.30. The molecule has 1 aliphatic rings. The Morgan fingerprint density at radius 3 is 3.05 bits per heavy atom. The minimum absolute atomic E-state index is 0.126. The summed E-state index contributed by atoms with van der Waals surface area (Å²) in [7, 11) is 0. The predicted octanol–water partition coefficient (Wildman–Crippen LogP) is 1.96. The fourth-order valence-corrected chi connectivity index (χ4v) is 3.01. The van der Waals surface area contributed by atoms with E-state index in [-0.39, 0.29) is 11.9 Å². The van der Waals surface area contributed by atoms with Crippen molar-refractivity contribution in [3.05, 3.63) is 47.0 Å². The maximum absolute atomic E-state index is 12.2. The van der Waals surface area contributed by atoms with Gasteiger partial charge >= 0.3 is 0 Å². The Balaban J connectivity index is 1.51. The number of fused-ring (bicyclic) bond motifs is 1. The maximum atomic E-state index is 12.2. The average molecular weight is 298 g/mol. The van der Waals surface area contributed by atoms with Crippen LogP contribution in [0.15, 0.2) is 24.3 Å². The summed E-state index contributed by atoms with van der Waals surface area (Å²) in [6.45, 7) is 4.81. The van der Waals surface area contributed by atoms with Crippen molar-refractivity contribution in [3.63, 3.8) is 0 Å². The van der Waals surface area contributed by atoms with Crippen LogP contribution in [0, 0.1) is 13.8 Å². The van der Waals surface area contributed by atoms with E-state index in [1.165, 1.54) is 11.1 Å². The molecule has 2 aromatic rings. The third kappa shape index (κ3) is 3.35. The Labute approximate surface area is 130 Å². The third-order valence-corrected chi connectivity index (χ3v) is 4.22. The van der Waals surface area contributed by atoms with Crippen molar-refractivity contribution >= 4 is 5.91 Å². The number of nitrogens with one attached hydrogen (secondary N) is 1.